The van der Waals surface area contributed by atoms with E-state index in [9.17, 15) is 4.79 Å². The number of hydrogen-bond acceptors (Lipinski definition) is 3. The van der Waals surface area contributed by atoms with Crippen molar-refractivity contribution in [3.63, 3.8) is 0 Å². The van der Waals surface area contributed by atoms with E-state index in [4.69, 9.17) is 0 Å². The first kappa shape index (κ1) is 21.1. The van der Waals surface area contributed by atoms with Gasteiger partial charge in [0.05, 0.1) is 0 Å². The van der Waals surface area contributed by atoms with Crippen LogP contribution in [0.2, 0.25) is 0 Å². The summed E-state index contributed by atoms with van der Waals surface area (Å²) in [6, 6.07) is 24.7. The number of hydrogen-bond donors (Lipinski definition) is 1. The highest BCUT2D eigenvalue weighted by Crippen LogP contribution is 2.28. The van der Waals surface area contributed by atoms with E-state index in [1.807, 2.05) is 24.3 Å². The first-order valence-corrected chi connectivity index (χ1v) is 11.2. The van der Waals surface area contributed by atoms with Crippen molar-refractivity contribution in [3.8, 4) is 0 Å². The first-order valence-electron chi connectivity index (χ1n) is 11.2. The monoisotopic (exact) mass is 413 g/mol. The Bertz CT molecular complexity index is 1010. The minimum absolute atomic E-state index is 0.0745. The Hall–Kier alpha value is -3.11. The molecule has 1 aliphatic rings. The standard InChI is InChI=1S/C27H31N3O/c1-3-29(4-2)19-21-11-15-25(16-12-21)28-27(31)24-13-9-22(10-14-24)20-30-18-17-23-7-5-6-8-26(23)30/h5-16H,3-4,17-20H2,1-2H3,(H,28,31). The molecular weight excluding hydrogens is 382 g/mol. The van der Waals surface area contributed by atoms with Crippen LogP contribution in [0.4, 0.5) is 11.4 Å². The van der Waals surface area contributed by atoms with Gasteiger partial charge in [-0.15, -0.1) is 0 Å². The zero-order valence-electron chi connectivity index (χ0n) is 18.5. The summed E-state index contributed by atoms with van der Waals surface area (Å²) < 4.78 is 0. The SMILES string of the molecule is CCN(CC)Cc1ccc(NC(=O)c2ccc(CN3CCc4ccccc43)cc2)cc1. The largest absolute Gasteiger partial charge is 0.367 e. The summed E-state index contributed by atoms with van der Waals surface area (Å²) in [5.41, 5.74) is 6.72. The molecule has 1 N–H and O–H groups in total. The zero-order chi connectivity index (χ0) is 21.6. The topological polar surface area (TPSA) is 35.6 Å². The molecule has 31 heavy (non-hydrogen) atoms. The lowest BCUT2D eigenvalue weighted by atomic mass is 10.1. The molecule has 0 saturated heterocycles. The normalized spacial score (nSPS) is 12.8. The van der Waals surface area contributed by atoms with Gasteiger partial charge in [-0.2, -0.15) is 0 Å². The number of benzene rings is 3. The Morgan fingerprint density at radius 1 is 0.903 bits per heavy atom. The molecule has 0 aliphatic carbocycles. The number of anilines is 2. The van der Waals surface area contributed by atoms with Crippen molar-refractivity contribution in [3.05, 3.63) is 95.1 Å². The lowest BCUT2D eigenvalue weighted by molar-refractivity contribution is 0.102. The minimum Gasteiger partial charge on any atom is -0.367 e. The number of para-hydroxylation sites is 1. The van der Waals surface area contributed by atoms with Gasteiger partial charge in [0.15, 0.2) is 0 Å². The molecule has 4 heteroatoms. The number of rotatable bonds is 8. The molecular formula is C27H31N3O. The van der Waals surface area contributed by atoms with Gasteiger partial charge in [-0.3, -0.25) is 9.69 Å². The fourth-order valence-corrected chi connectivity index (χ4v) is 4.15. The molecule has 1 aliphatic heterocycles. The third kappa shape index (κ3) is 5.15. The van der Waals surface area contributed by atoms with Crippen molar-refractivity contribution < 1.29 is 4.79 Å². The molecule has 4 rings (SSSR count). The quantitative estimate of drug-likeness (QED) is 0.541. The van der Waals surface area contributed by atoms with E-state index in [2.05, 4.69) is 77.5 Å². The van der Waals surface area contributed by atoms with Crippen LogP contribution in [-0.4, -0.2) is 30.4 Å². The molecule has 0 fully saturated rings. The maximum Gasteiger partial charge on any atom is 0.255 e. The molecule has 0 aromatic heterocycles. The van der Waals surface area contributed by atoms with Gasteiger partial charge in [-0.05, 0) is 66.5 Å². The number of nitrogens with zero attached hydrogens (tertiary/aromatic N) is 2. The van der Waals surface area contributed by atoms with Crippen molar-refractivity contribution >= 4 is 17.3 Å². The smallest absolute Gasteiger partial charge is 0.255 e. The number of carbonyl (C=O) groups is 1. The highest BCUT2D eigenvalue weighted by Gasteiger charge is 2.18. The van der Waals surface area contributed by atoms with Gasteiger partial charge < -0.3 is 10.2 Å². The Morgan fingerprint density at radius 3 is 2.29 bits per heavy atom. The van der Waals surface area contributed by atoms with Crippen molar-refractivity contribution in [1.29, 1.82) is 0 Å². The second-order valence-electron chi connectivity index (χ2n) is 8.11. The maximum atomic E-state index is 12.7. The van der Waals surface area contributed by atoms with E-state index in [0.29, 0.717) is 5.56 Å². The van der Waals surface area contributed by atoms with Gasteiger partial charge in [-0.25, -0.2) is 0 Å². The van der Waals surface area contributed by atoms with Crippen molar-refractivity contribution in [2.24, 2.45) is 0 Å². The number of nitrogens with one attached hydrogen (secondary N) is 1. The van der Waals surface area contributed by atoms with Gasteiger partial charge in [0.1, 0.15) is 0 Å². The molecule has 0 bridgehead atoms. The lowest BCUT2D eigenvalue weighted by Gasteiger charge is -2.19. The summed E-state index contributed by atoms with van der Waals surface area (Å²) in [5, 5.41) is 3.01. The fourth-order valence-electron chi connectivity index (χ4n) is 4.15. The second-order valence-corrected chi connectivity index (χ2v) is 8.11. The second kappa shape index (κ2) is 9.80. The van der Waals surface area contributed by atoms with Crippen LogP contribution in [-0.2, 0) is 19.5 Å². The summed E-state index contributed by atoms with van der Waals surface area (Å²) in [6.45, 7) is 9.27. The van der Waals surface area contributed by atoms with Gasteiger partial charge in [-0.1, -0.05) is 56.3 Å². The van der Waals surface area contributed by atoms with Crippen LogP contribution < -0.4 is 10.2 Å². The van der Waals surface area contributed by atoms with E-state index in [1.54, 1.807) is 0 Å². The molecule has 3 aromatic rings. The molecule has 0 spiro atoms. The van der Waals surface area contributed by atoms with E-state index in [0.717, 1.165) is 44.8 Å². The Morgan fingerprint density at radius 2 is 1.58 bits per heavy atom. The van der Waals surface area contributed by atoms with Gasteiger partial charge in [0, 0.05) is 36.6 Å². The highest BCUT2D eigenvalue weighted by atomic mass is 16.1. The van der Waals surface area contributed by atoms with E-state index in [1.165, 1.54) is 22.4 Å². The van der Waals surface area contributed by atoms with Crippen LogP contribution in [0.25, 0.3) is 0 Å². The van der Waals surface area contributed by atoms with E-state index in [-0.39, 0.29) is 5.91 Å². The molecule has 0 unspecified atom stereocenters. The summed E-state index contributed by atoms with van der Waals surface area (Å²) in [6.07, 6.45) is 1.10. The summed E-state index contributed by atoms with van der Waals surface area (Å²) in [5.74, 6) is -0.0745. The highest BCUT2D eigenvalue weighted by molar-refractivity contribution is 6.04. The number of amides is 1. The maximum absolute atomic E-state index is 12.7. The van der Waals surface area contributed by atoms with Crippen molar-refractivity contribution in [1.82, 2.24) is 4.90 Å². The van der Waals surface area contributed by atoms with Crippen LogP contribution in [0.1, 0.15) is 40.9 Å². The molecule has 3 aromatic carbocycles. The lowest BCUT2D eigenvalue weighted by Crippen LogP contribution is -2.22. The van der Waals surface area contributed by atoms with Crippen LogP contribution in [0.5, 0.6) is 0 Å². The van der Waals surface area contributed by atoms with Gasteiger partial charge in [0.25, 0.3) is 5.91 Å². The molecule has 0 saturated carbocycles. The molecule has 0 atom stereocenters. The van der Waals surface area contributed by atoms with Crippen molar-refractivity contribution in [2.75, 3.05) is 29.9 Å². The summed E-state index contributed by atoms with van der Waals surface area (Å²) >= 11 is 0. The molecule has 0 radical (unpaired) electrons. The van der Waals surface area contributed by atoms with Gasteiger partial charge in [0.2, 0.25) is 0 Å². The summed E-state index contributed by atoms with van der Waals surface area (Å²) in [7, 11) is 0. The Labute approximate surface area is 185 Å². The van der Waals surface area contributed by atoms with E-state index >= 15 is 0 Å². The average Bonchev–Trinajstić information content (AvgIpc) is 3.22. The number of fused-ring (bicyclic) bond motifs is 1. The predicted octanol–water partition coefficient (Wildman–Crippen LogP) is 5.34. The molecule has 160 valence electrons. The van der Waals surface area contributed by atoms with Crippen LogP contribution in [0.15, 0.2) is 72.8 Å². The summed E-state index contributed by atoms with van der Waals surface area (Å²) in [4.78, 5) is 17.4. The van der Waals surface area contributed by atoms with Crippen molar-refractivity contribution in [2.45, 2.75) is 33.4 Å². The third-order valence-corrected chi connectivity index (χ3v) is 6.09. The van der Waals surface area contributed by atoms with Crippen LogP contribution in [0.3, 0.4) is 0 Å². The molecule has 1 heterocycles. The minimum atomic E-state index is -0.0745. The van der Waals surface area contributed by atoms with Crippen LogP contribution >= 0.6 is 0 Å². The van der Waals surface area contributed by atoms with Crippen LogP contribution in [0, 0.1) is 0 Å². The zero-order valence-corrected chi connectivity index (χ0v) is 18.5. The van der Waals surface area contributed by atoms with Gasteiger partial charge >= 0.3 is 0 Å². The molecule has 1 amide bonds. The Kier molecular flexibility index (Phi) is 6.68. The third-order valence-electron chi connectivity index (χ3n) is 6.09. The predicted molar refractivity (Wildman–Crippen MR) is 129 cm³/mol. The number of carbonyl (C=O) groups excluding carboxylic acids is 1. The molecule has 4 nitrogen and oxygen atoms in total. The first-order chi connectivity index (χ1) is 15.2. The average molecular weight is 414 g/mol. The Balaban J connectivity index is 1.34. The fraction of sp³-hybridized carbons (Fsp3) is 0.296. The van der Waals surface area contributed by atoms with E-state index < -0.39 is 0 Å².